The average Bonchev–Trinajstić information content (AvgIpc) is 2.53. The molecule has 0 atom stereocenters. The van der Waals surface area contributed by atoms with Crippen molar-refractivity contribution in [2.75, 3.05) is 6.54 Å². The second kappa shape index (κ2) is 7.43. The Morgan fingerprint density at radius 2 is 2.00 bits per heavy atom. The lowest BCUT2D eigenvalue weighted by atomic mass is 10.1. The van der Waals surface area contributed by atoms with Crippen molar-refractivity contribution < 1.29 is 9.84 Å². The molecule has 1 heterocycles. The van der Waals surface area contributed by atoms with Crippen LogP contribution in [-0.2, 0) is 13.2 Å². The predicted octanol–water partition coefficient (Wildman–Crippen LogP) is 1.16. The summed E-state index contributed by atoms with van der Waals surface area (Å²) >= 11 is 6.15. The molecule has 0 amide bonds. The van der Waals surface area contributed by atoms with E-state index in [0.29, 0.717) is 22.9 Å². The van der Waals surface area contributed by atoms with Crippen LogP contribution >= 0.6 is 11.6 Å². The van der Waals surface area contributed by atoms with Crippen LogP contribution in [0.1, 0.15) is 30.5 Å². The van der Waals surface area contributed by atoms with Crippen molar-refractivity contribution >= 4 is 11.6 Å². The zero-order chi connectivity index (χ0) is 18.8. The van der Waals surface area contributed by atoms with Crippen LogP contribution in [0, 0.1) is 6.92 Å². The molecule has 0 aliphatic carbocycles. The van der Waals surface area contributed by atoms with Crippen LogP contribution in [0.15, 0.2) is 27.9 Å². The Morgan fingerprint density at radius 1 is 1.32 bits per heavy atom. The van der Waals surface area contributed by atoms with Crippen molar-refractivity contribution in [2.24, 2.45) is 5.73 Å². The second-order valence-corrected chi connectivity index (χ2v) is 6.91. The molecule has 8 heteroatoms. The molecule has 0 aliphatic rings. The highest BCUT2D eigenvalue weighted by Gasteiger charge is 2.21. The van der Waals surface area contributed by atoms with Crippen molar-refractivity contribution in [1.29, 1.82) is 0 Å². The third-order valence-corrected chi connectivity index (χ3v) is 4.00. The number of ether oxygens (including phenoxy) is 1. The maximum Gasteiger partial charge on any atom is 0.328 e. The number of aliphatic hydroxyl groups excluding tert-OH is 1. The fourth-order valence-electron chi connectivity index (χ4n) is 2.35. The zero-order valence-corrected chi connectivity index (χ0v) is 15.2. The van der Waals surface area contributed by atoms with Gasteiger partial charge in [0.05, 0.1) is 18.7 Å². The quantitative estimate of drug-likeness (QED) is 0.709. The lowest BCUT2D eigenvalue weighted by Crippen LogP contribution is -2.38. The maximum absolute atomic E-state index is 12.1. The van der Waals surface area contributed by atoms with Crippen LogP contribution in [0.4, 0.5) is 0 Å². The van der Waals surface area contributed by atoms with Gasteiger partial charge in [0.15, 0.2) is 0 Å². The van der Waals surface area contributed by atoms with E-state index in [1.807, 2.05) is 20.8 Å². The molecule has 0 saturated heterocycles. The lowest BCUT2D eigenvalue weighted by molar-refractivity contribution is 0.116. The fourth-order valence-corrected chi connectivity index (χ4v) is 2.64. The molecule has 136 valence electrons. The van der Waals surface area contributed by atoms with Gasteiger partial charge in [0.25, 0.3) is 5.56 Å². The van der Waals surface area contributed by atoms with E-state index in [4.69, 9.17) is 22.1 Å². The van der Waals surface area contributed by atoms with Gasteiger partial charge < -0.3 is 15.6 Å². The summed E-state index contributed by atoms with van der Waals surface area (Å²) in [5.41, 5.74) is 5.54. The van der Waals surface area contributed by atoms with Gasteiger partial charge >= 0.3 is 5.69 Å². The minimum absolute atomic E-state index is 0.100. The third-order valence-electron chi connectivity index (χ3n) is 3.78. The van der Waals surface area contributed by atoms with E-state index < -0.39 is 23.5 Å². The molecule has 0 unspecified atom stereocenters. The number of hydrogen-bond acceptors (Lipinski definition) is 5. The average molecular weight is 368 g/mol. The first-order valence-corrected chi connectivity index (χ1v) is 8.16. The number of nitrogens with two attached hydrogens (primary N) is 1. The Bertz CT molecular complexity index is 886. The van der Waals surface area contributed by atoms with E-state index in [1.54, 1.807) is 12.1 Å². The Labute approximate surface area is 150 Å². The summed E-state index contributed by atoms with van der Waals surface area (Å²) in [6.07, 6.45) is 1.33. The summed E-state index contributed by atoms with van der Waals surface area (Å²) in [5.74, 6) is 0.587. The molecular formula is C17H22ClN3O4. The van der Waals surface area contributed by atoms with Crippen LogP contribution in [0.3, 0.4) is 0 Å². The Balaban J connectivity index is 2.53. The number of hydrogen-bond donors (Lipinski definition) is 3. The first-order valence-electron chi connectivity index (χ1n) is 7.78. The maximum atomic E-state index is 12.1. The molecular weight excluding hydrogens is 346 g/mol. The van der Waals surface area contributed by atoms with Crippen LogP contribution in [-0.4, -0.2) is 26.8 Å². The number of aryl methyl sites for hydroxylation is 1. The third kappa shape index (κ3) is 4.50. The number of aromatic nitrogens is 2. The molecule has 2 rings (SSSR count). The second-order valence-electron chi connectivity index (χ2n) is 6.48. The highest BCUT2D eigenvalue weighted by Crippen LogP contribution is 2.31. The van der Waals surface area contributed by atoms with Crippen molar-refractivity contribution in [2.45, 2.75) is 39.5 Å². The van der Waals surface area contributed by atoms with E-state index in [1.165, 1.54) is 10.8 Å². The summed E-state index contributed by atoms with van der Waals surface area (Å²) in [7, 11) is 0. The minimum Gasteiger partial charge on any atom is -0.486 e. The molecule has 4 N–H and O–H groups in total. The monoisotopic (exact) mass is 367 g/mol. The highest BCUT2D eigenvalue weighted by atomic mass is 35.5. The number of rotatable bonds is 6. The van der Waals surface area contributed by atoms with Crippen LogP contribution in [0.5, 0.6) is 5.75 Å². The first-order chi connectivity index (χ1) is 11.7. The molecule has 1 aromatic heterocycles. The van der Waals surface area contributed by atoms with Gasteiger partial charge in [0, 0.05) is 23.3 Å². The molecule has 25 heavy (non-hydrogen) atoms. The molecule has 7 nitrogen and oxygen atoms in total. The summed E-state index contributed by atoms with van der Waals surface area (Å²) in [6.45, 7) is 5.54. The molecule has 0 bridgehead atoms. The van der Waals surface area contributed by atoms with Crippen molar-refractivity contribution in [3.05, 3.63) is 60.9 Å². The molecule has 0 radical (unpaired) electrons. The van der Waals surface area contributed by atoms with Crippen molar-refractivity contribution in [1.82, 2.24) is 9.55 Å². The van der Waals surface area contributed by atoms with Gasteiger partial charge in [-0.25, -0.2) is 4.79 Å². The number of halogens is 1. The van der Waals surface area contributed by atoms with Gasteiger partial charge in [0.2, 0.25) is 0 Å². The van der Waals surface area contributed by atoms with E-state index in [9.17, 15) is 14.7 Å². The van der Waals surface area contributed by atoms with Crippen LogP contribution in [0.2, 0.25) is 5.02 Å². The number of H-pyrrole nitrogens is 1. The summed E-state index contributed by atoms with van der Waals surface area (Å²) in [5, 5.41) is 9.74. The molecule has 1 aromatic carbocycles. The van der Waals surface area contributed by atoms with Gasteiger partial charge in [0.1, 0.15) is 11.4 Å². The smallest absolute Gasteiger partial charge is 0.328 e. The molecule has 0 aliphatic heterocycles. The van der Waals surface area contributed by atoms with E-state index in [2.05, 4.69) is 4.98 Å². The van der Waals surface area contributed by atoms with E-state index >= 15 is 0 Å². The number of nitrogens with one attached hydrogen (secondary N) is 1. The summed E-state index contributed by atoms with van der Waals surface area (Å²) in [4.78, 5) is 25.8. The zero-order valence-electron chi connectivity index (χ0n) is 14.4. The van der Waals surface area contributed by atoms with Crippen LogP contribution < -0.4 is 21.7 Å². The number of nitrogens with zero attached hydrogens (tertiary/aromatic N) is 1. The fraction of sp³-hybridized carbons (Fsp3) is 0.412. The topological polar surface area (TPSA) is 110 Å². The number of benzene rings is 1. The first kappa shape index (κ1) is 19.2. The van der Waals surface area contributed by atoms with E-state index in [0.717, 1.165) is 5.56 Å². The molecule has 0 saturated carbocycles. The Morgan fingerprint density at radius 3 is 2.60 bits per heavy atom. The Kier molecular flexibility index (Phi) is 5.72. The summed E-state index contributed by atoms with van der Waals surface area (Å²) in [6, 6.07) is 3.47. The van der Waals surface area contributed by atoms with Crippen LogP contribution in [0.25, 0.3) is 0 Å². The van der Waals surface area contributed by atoms with Crippen molar-refractivity contribution in [3.8, 4) is 5.75 Å². The minimum atomic E-state index is -0.605. The van der Waals surface area contributed by atoms with E-state index in [-0.39, 0.29) is 12.1 Å². The normalized spacial score (nSPS) is 11.6. The van der Waals surface area contributed by atoms with Gasteiger partial charge in [-0.15, -0.1) is 0 Å². The molecule has 0 spiro atoms. The van der Waals surface area contributed by atoms with Gasteiger partial charge in [-0.05, 0) is 38.5 Å². The lowest BCUT2D eigenvalue weighted by Gasteiger charge is -2.27. The molecule has 0 fully saturated rings. The largest absolute Gasteiger partial charge is 0.486 e. The number of aliphatic hydroxyl groups is 1. The number of aromatic amines is 1. The van der Waals surface area contributed by atoms with Crippen molar-refractivity contribution in [3.63, 3.8) is 0 Å². The van der Waals surface area contributed by atoms with Gasteiger partial charge in [-0.3, -0.25) is 14.3 Å². The van der Waals surface area contributed by atoms with Gasteiger partial charge in [-0.2, -0.15) is 0 Å². The SMILES string of the molecule is Cc1cc(Cl)cc(Cn2cc(CO)c(=O)[nH]c2=O)c1OC(C)(C)CN. The highest BCUT2D eigenvalue weighted by molar-refractivity contribution is 6.30. The predicted molar refractivity (Wildman–Crippen MR) is 96.3 cm³/mol. The molecule has 2 aromatic rings. The Hall–Kier alpha value is -2.09. The van der Waals surface area contributed by atoms with Gasteiger partial charge in [-0.1, -0.05) is 11.6 Å². The standard InChI is InChI=1S/C17H22ClN3O4/c1-10-4-13(18)5-11(14(10)25-17(2,3)9-19)6-21-7-12(8-22)15(23)20-16(21)24/h4-5,7,22H,6,8-9,19H2,1-3H3,(H,20,23,24). The summed E-state index contributed by atoms with van der Waals surface area (Å²) < 4.78 is 7.33.